The van der Waals surface area contributed by atoms with Gasteiger partial charge in [0.15, 0.2) is 6.10 Å². The number of amides is 4. The van der Waals surface area contributed by atoms with E-state index in [9.17, 15) is 34.2 Å². The molecule has 0 saturated carbocycles. The molecule has 0 spiro atoms. The van der Waals surface area contributed by atoms with E-state index < -0.39 is 42.4 Å². The van der Waals surface area contributed by atoms with Gasteiger partial charge < -0.3 is 39.7 Å². The molecule has 2 aliphatic rings. The van der Waals surface area contributed by atoms with Crippen molar-refractivity contribution in [2.75, 3.05) is 52.5 Å². The van der Waals surface area contributed by atoms with E-state index in [4.69, 9.17) is 9.47 Å². The molecule has 4 amide bonds. The summed E-state index contributed by atoms with van der Waals surface area (Å²) in [5.41, 5.74) is 1.17. The number of aliphatic hydroxyl groups is 1. The molecule has 2 aromatic rings. The first-order chi connectivity index (χ1) is 21.0. The van der Waals surface area contributed by atoms with E-state index in [-0.39, 0.29) is 62.7 Å². The lowest BCUT2D eigenvalue weighted by molar-refractivity contribution is -0.143. The van der Waals surface area contributed by atoms with Gasteiger partial charge in [0.25, 0.3) is 11.8 Å². The number of rotatable bonds is 10. The van der Waals surface area contributed by atoms with Gasteiger partial charge >= 0.3 is 12.1 Å². The number of nitrogens with zero attached hydrogens (tertiary/aromatic N) is 4. The van der Waals surface area contributed by atoms with Gasteiger partial charge in [-0.1, -0.05) is 6.07 Å². The Morgan fingerprint density at radius 1 is 1.02 bits per heavy atom. The number of ether oxygens (including phenoxy) is 2. The molecule has 2 fully saturated rings. The topological polar surface area (TPSA) is 179 Å². The number of likely N-dealkylation sites (tertiary alicyclic amines) is 1. The standard InChI is InChI=1S/C30H39N5O9/c1-4-43-30(42)34-11-9-33(10-12-34)29(41)24(15-26(37)38)32-27(39)23-14-25(21-6-5-18(2)13-22(21)31-23)44-19(3)28(40)35-8-7-20(16-35)17-36/h5-6,13-14,19-20,24,36H,4,7-12,15-17H2,1-3H3,(H,32,39)(H,37,38)/t19-,20+,24+/m1/s1. The van der Waals surface area contributed by atoms with Crippen LogP contribution in [0.5, 0.6) is 5.75 Å². The minimum absolute atomic E-state index is 0.000998. The van der Waals surface area contributed by atoms with Crippen molar-refractivity contribution in [3.05, 3.63) is 35.5 Å². The molecular formula is C30H39N5O9. The summed E-state index contributed by atoms with van der Waals surface area (Å²) in [6, 6.07) is 5.36. The first kappa shape index (κ1) is 32.5. The number of fused-ring (bicyclic) bond motifs is 1. The van der Waals surface area contributed by atoms with Gasteiger partial charge in [-0.15, -0.1) is 0 Å². The van der Waals surface area contributed by atoms with Gasteiger partial charge in [-0.25, -0.2) is 9.78 Å². The van der Waals surface area contributed by atoms with Crippen molar-refractivity contribution in [2.45, 2.75) is 45.8 Å². The van der Waals surface area contributed by atoms with E-state index >= 15 is 0 Å². The van der Waals surface area contributed by atoms with E-state index in [0.717, 1.165) is 5.56 Å². The van der Waals surface area contributed by atoms with Crippen molar-refractivity contribution < 1.29 is 43.7 Å². The highest BCUT2D eigenvalue weighted by atomic mass is 16.6. The molecule has 1 aromatic heterocycles. The van der Waals surface area contributed by atoms with Gasteiger partial charge in [-0.05, 0) is 44.9 Å². The number of aliphatic carboxylic acids is 1. The maximum Gasteiger partial charge on any atom is 0.409 e. The normalized spacial score (nSPS) is 18.1. The number of carbonyl (C=O) groups is 5. The van der Waals surface area contributed by atoms with Gasteiger partial charge in [0.05, 0.1) is 18.5 Å². The Balaban J connectivity index is 1.52. The number of hydrogen-bond acceptors (Lipinski definition) is 9. The molecule has 238 valence electrons. The zero-order valence-corrected chi connectivity index (χ0v) is 25.2. The van der Waals surface area contributed by atoms with Crippen molar-refractivity contribution in [1.29, 1.82) is 0 Å². The first-order valence-corrected chi connectivity index (χ1v) is 14.7. The molecule has 2 aliphatic heterocycles. The fraction of sp³-hybridized carbons (Fsp3) is 0.533. The Bertz CT molecular complexity index is 1410. The van der Waals surface area contributed by atoms with Crippen molar-refractivity contribution in [3.63, 3.8) is 0 Å². The van der Waals surface area contributed by atoms with Crippen LogP contribution in [-0.4, -0.2) is 124 Å². The molecule has 1 aromatic carbocycles. The molecule has 14 nitrogen and oxygen atoms in total. The van der Waals surface area contributed by atoms with Crippen molar-refractivity contribution in [2.24, 2.45) is 5.92 Å². The molecule has 2 saturated heterocycles. The van der Waals surface area contributed by atoms with Crippen LogP contribution in [0.1, 0.15) is 42.7 Å². The number of aromatic nitrogens is 1. The number of piperazine rings is 1. The van der Waals surface area contributed by atoms with E-state index in [2.05, 4.69) is 10.3 Å². The van der Waals surface area contributed by atoms with Crippen LogP contribution < -0.4 is 10.1 Å². The number of aliphatic hydroxyl groups excluding tert-OH is 1. The summed E-state index contributed by atoms with van der Waals surface area (Å²) in [6.07, 6.45) is -1.34. The lowest BCUT2D eigenvalue weighted by atomic mass is 10.1. The van der Waals surface area contributed by atoms with Crippen LogP contribution in [0.25, 0.3) is 10.9 Å². The second kappa shape index (κ2) is 14.3. The highest BCUT2D eigenvalue weighted by molar-refractivity contribution is 6.00. The quantitative estimate of drug-likeness (QED) is 0.350. The summed E-state index contributed by atoms with van der Waals surface area (Å²) in [5, 5.41) is 22.0. The third kappa shape index (κ3) is 7.73. The highest BCUT2D eigenvalue weighted by Gasteiger charge is 2.33. The molecule has 3 heterocycles. The van der Waals surface area contributed by atoms with Gasteiger partial charge in [-0.2, -0.15) is 0 Å². The Kier molecular flexibility index (Phi) is 10.6. The predicted molar refractivity (Wildman–Crippen MR) is 157 cm³/mol. The number of aryl methyl sites for hydroxylation is 1. The molecule has 0 bridgehead atoms. The fourth-order valence-electron chi connectivity index (χ4n) is 5.35. The van der Waals surface area contributed by atoms with Crippen LogP contribution in [0.15, 0.2) is 24.3 Å². The zero-order valence-electron chi connectivity index (χ0n) is 25.2. The molecule has 0 unspecified atom stereocenters. The third-order valence-corrected chi connectivity index (χ3v) is 7.77. The van der Waals surface area contributed by atoms with Crippen LogP contribution >= 0.6 is 0 Å². The van der Waals surface area contributed by atoms with E-state index in [0.29, 0.717) is 30.4 Å². The zero-order chi connectivity index (χ0) is 32.0. The van der Waals surface area contributed by atoms with E-state index in [1.165, 1.54) is 15.9 Å². The van der Waals surface area contributed by atoms with Gasteiger partial charge in [0, 0.05) is 63.2 Å². The van der Waals surface area contributed by atoms with Gasteiger partial charge in [-0.3, -0.25) is 19.2 Å². The average Bonchev–Trinajstić information content (AvgIpc) is 3.49. The molecule has 44 heavy (non-hydrogen) atoms. The minimum atomic E-state index is -1.39. The fourth-order valence-corrected chi connectivity index (χ4v) is 5.35. The molecule has 3 atom stereocenters. The van der Waals surface area contributed by atoms with Crippen LogP contribution in [-0.2, 0) is 19.1 Å². The molecule has 14 heteroatoms. The lowest BCUT2D eigenvalue weighted by Crippen LogP contribution is -2.56. The Morgan fingerprint density at radius 2 is 1.73 bits per heavy atom. The molecule has 0 radical (unpaired) electrons. The largest absolute Gasteiger partial charge is 0.481 e. The Labute approximate surface area is 254 Å². The number of nitrogens with one attached hydrogen (secondary N) is 1. The maximum atomic E-state index is 13.5. The monoisotopic (exact) mass is 613 g/mol. The summed E-state index contributed by atoms with van der Waals surface area (Å²) >= 11 is 0. The van der Waals surface area contributed by atoms with Gasteiger partial charge in [0.1, 0.15) is 17.5 Å². The number of carboxylic acids is 1. The van der Waals surface area contributed by atoms with Crippen molar-refractivity contribution >= 4 is 40.7 Å². The second-order valence-electron chi connectivity index (χ2n) is 11.0. The molecule has 3 N–H and O–H groups in total. The molecule has 0 aliphatic carbocycles. The first-order valence-electron chi connectivity index (χ1n) is 14.7. The number of carboxylic acid groups (broad SMARTS) is 1. The van der Waals surface area contributed by atoms with Gasteiger partial charge in [0.2, 0.25) is 5.91 Å². The Morgan fingerprint density at radius 3 is 2.36 bits per heavy atom. The van der Waals surface area contributed by atoms with Crippen LogP contribution in [0.3, 0.4) is 0 Å². The van der Waals surface area contributed by atoms with E-state index in [1.54, 1.807) is 30.9 Å². The molecule has 4 rings (SSSR count). The summed E-state index contributed by atoms with van der Waals surface area (Å²) in [6.45, 7) is 7.04. The number of pyridine rings is 1. The van der Waals surface area contributed by atoms with Crippen LogP contribution in [0, 0.1) is 12.8 Å². The van der Waals surface area contributed by atoms with Crippen molar-refractivity contribution in [3.8, 4) is 5.75 Å². The third-order valence-electron chi connectivity index (χ3n) is 7.77. The maximum absolute atomic E-state index is 13.5. The number of carbonyl (C=O) groups excluding carboxylic acids is 4. The minimum Gasteiger partial charge on any atom is -0.481 e. The smallest absolute Gasteiger partial charge is 0.409 e. The summed E-state index contributed by atoms with van der Waals surface area (Å²) in [4.78, 5) is 72.5. The predicted octanol–water partition coefficient (Wildman–Crippen LogP) is 1.03. The lowest BCUT2D eigenvalue weighted by Gasteiger charge is -2.35. The average molecular weight is 614 g/mol. The highest BCUT2D eigenvalue weighted by Crippen LogP contribution is 2.28. The number of benzene rings is 1. The Hall–Kier alpha value is -4.46. The SMILES string of the molecule is CCOC(=O)N1CCN(C(=O)[C@H](CC(=O)O)NC(=O)c2cc(O[C@H](C)C(=O)N3CC[C@H](CO)C3)c3ccc(C)cc3n2)CC1. The second-order valence-corrected chi connectivity index (χ2v) is 11.0. The summed E-state index contributed by atoms with van der Waals surface area (Å²) in [7, 11) is 0. The molecular weight excluding hydrogens is 574 g/mol. The van der Waals surface area contributed by atoms with Crippen LogP contribution in [0.2, 0.25) is 0 Å². The summed E-state index contributed by atoms with van der Waals surface area (Å²) in [5.74, 6) is -2.66. The summed E-state index contributed by atoms with van der Waals surface area (Å²) < 4.78 is 11.1. The number of hydrogen-bond donors (Lipinski definition) is 3. The van der Waals surface area contributed by atoms with Crippen LogP contribution in [0.4, 0.5) is 4.79 Å². The van der Waals surface area contributed by atoms with E-state index in [1.807, 2.05) is 13.0 Å². The van der Waals surface area contributed by atoms with Crippen molar-refractivity contribution in [1.82, 2.24) is 25.0 Å².